The lowest BCUT2D eigenvalue weighted by Gasteiger charge is -2.05. The number of aromatic amines is 1. The average Bonchev–Trinajstić information content (AvgIpc) is 3.33. The molecule has 130 valence electrons. The van der Waals surface area contributed by atoms with Crippen molar-refractivity contribution in [3.8, 4) is 0 Å². The molecule has 0 aliphatic carbocycles. The number of hydrogen-bond acceptors (Lipinski definition) is 6. The molecular weight excluding hydrogens is 350 g/mol. The van der Waals surface area contributed by atoms with E-state index in [9.17, 15) is 4.79 Å². The zero-order chi connectivity index (χ0) is 17.8. The van der Waals surface area contributed by atoms with Crippen LogP contribution < -0.4 is 5.32 Å². The van der Waals surface area contributed by atoms with E-state index < -0.39 is 0 Å². The highest BCUT2D eigenvalue weighted by Crippen LogP contribution is 2.30. The summed E-state index contributed by atoms with van der Waals surface area (Å²) in [7, 11) is 0. The van der Waals surface area contributed by atoms with Crippen LogP contribution in [0.2, 0.25) is 0 Å². The molecule has 7 nitrogen and oxygen atoms in total. The summed E-state index contributed by atoms with van der Waals surface area (Å²) in [6.07, 6.45) is 4.88. The van der Waals surface area contributed by atoms with Crippen LogP contribution in [0.4, 0.5) is 0 Å². The lowest BCUT2D eigenvalue weighted by Crippen LogP contribution is -2.23. The highest BCUT2D eigenvalue weighted by Gasteiger charge is 2.20. The van der Waals surface area contributed by atoms with Gasteiger partial charge in [0.1, 0.15) is 11.9 Å². The number of pyridine rings is 1. The number of fused-ring (bicyclic) bond motifs is 1. The van der Waals surface area contributed by atoms with E-state index in [1.54, 1.807) is 12.4 Å². The van der Waals surface area contributed by atoms with Crippen molar-refractivity contribution in [1.82, 2.24) is 25.5 Å². The Kier molecular flexibility index (Phi) is 4.65. The number of amides is 1. The number of carbonyl (C=O) groups is 1. The molecule has 0 aliphatic heterocycles. The largest absolute Gasteiger partial charge is 0.451 e. The van der Waals surface area contributed by atoms with Gasteiger partial charge in [-0.3, -0.25) is 14.9 Å². The van der Waals surface area contributed by atoms with Gasteiger partial charge in [-0.2, -0.15) is 5.10 Å². The van der Waals surface area contributed by atoms with E-state index in [1.807, 2.05) is 36.4 Å². The lowest BCUT2D eigenvalue weighted by atomic mass is 10.1. The van der Waals surface area contributed by atoms with Crippen molar-refractivity contribution >= 4 is 28.6 Å². The van der Waals surface area contributed by atoms with E-state index in [0.717, 1.165) is 16.5 Å². The van der Waals surface area contributed by atoms with E-state index >= 15 is 0 Å². The maximum atomic E-state index is 12.7. The van der Waals surface area contributed by atoms with Crippen LogP contribution >= 0.6 is 11.8 Å². The minimum Gasteiger partial charge on any atom is -0.451 e. The van der Waals surface area contributed by atoms with Gasteiger partial charge in [-0.05, 0) is 17.7 Å². The van der Waals surface area contributed by atoms with Crippen molar-refractivity contribution in [2.75, 3.05) is 0 Å². The van der Waals surface area contributed by atoms with Crippen LogP contribution in [0, 0.1) is 0 Å². The summed E-state index contributed by atoms with van der Waals surface area (Å²) in [4.78, 5) is 20.9. The third-order valence-electron chi connectivity index (χ3n) is 3.83. The van der Waals surface area contributed by atoms with Gasteiger partial charge in [0.2, 0.25) is 0 Å². The summed E-state index contributed by atoms with van der Waals surface area (Å²) < 4.78 is 5.83. The Morgan fingerprint density at radius 1 is 1.23 bits per heavy atom. The van der Waals surface area contributed by atoms with E-state index in [4.69, 9.17) is 4.42 Å². The summed E-state index contributed by atoms with van der Waals surface area (Å²) >= 11 is 1.47. The minimum absolute atomic E-state index is 0.252. The normalized spacial score (nSPS) is 10.9. The monoisotopic (exact) mass is 365 g/mol. The summed E-state index contributed by atoms with van der Waals surface area (Å²) in [6, 6.07) is 11.4. The fraction of sp³-hybridized carbons (Fsp3) is 0.111. The van der Waals surface area contributed by atoms with Gasteiger partial charge in [-0.15, -0.1) is 0 Å². The van der Waals surface area contributed by atoms with Crippen LogP contribution in [0.1, 0.15) is 21.7 Å². The van der Waals surface area contributed by atoms with Crippen LogP contribution in [0.5, 0.6) is 0 Å². The molecule has 0 saturated heterocycles. The molecule has 0 spiro atoms. The Morgan fingerprint density at radius 2 is 2.15 bits per heavy atom. The Morgan fingerprint density at radius 3 is 2.96 bits per heavy atom. The molecule has 1 aromatic carbocycles. The van der Waals surface area contributed by atoms with Gasteiger partial charge in [-0.1, -0.05) is 36.0 Å². The predicted molar refractivity (Wildman–Crippen MR) is 97.6 cm³/mol. The number of nitrogens with zero attached hydrogens (tertiary/aromatic N) is 3. The van der Waals surface area contributed by atoms with Gasteiger partial charge >= 0.3 is 0 Å². The molecule has 0 atom stereocenters. The maximum Gasteiger partial charge on any atom is 0.287 e. The zero-order valence-electron chi connectivity index (χ0n) is 13.7. The van der Waals surface area contributed by atoms with Crippen molar-refractivity contribution in [2.24, 2.45) is 0 Å². The SMILES string of the molecule is O=C(NCc1cccnc1)c1oc2ccccc2c1CSc1ncn[nH]1. The van der Waals surface area contributed by atoms with Crippen molar-refractivity contribution in [2.45, 2.75) is 17.5 Å². The smallest absolute Gasteiger partial charge is 0.287 e. The van der Waals surface area contributed by atoms with Gasteiger partial charge in [0.05, 0.1) is 0 Å². The summed E-state index contributed by atoms with van der Waals surface area (Å²) in [6.45, 7) is 0.387. The van der Waals surface area contributed by atoms with Crippen molar-refractivity contribution < 1.29 is 9.21 Å². The van der Waals surface area contributed by atoms with E-state index in [1.165, 1.54) is 18.1 Å². The standard InChI is InChI=1S/C18H15N5O2S/c24-17(20-9-12-4-3-7-19-8-12)16-14(10-26-18-21-11-22-23-18)13-5-1-2-6-15(13)25-16/h1-8,11H,9-10H2,(H,20,24)(H,21,22,23). The second kappa shape index (κ2) is 7.40. The summed E-state index contributed by atoms with van der Waals surface area (Å²) in [5.74, 6) is 0.613. The number of hydrogen-bond donors (Lipinski definition) is 2. The number of para-hydroxylation sites is 1. The van der Waals surface area contributed by atoms with Crippen LogP contribution in [0.3, 0.4) is 0 Å². The first-order valence-electron chi connectivity index (χ1n) is 7.97. The molecule has 0 saturated carbocycles. The Bertz CT molecular complexity index is 1010. The lowest BCUT2D eigenvalue weighted by molar-refractivity contribution is 0.0924. The first-order chi connectivity index (χ1) is 12.8. The number of benzene rings is 1. The number of carbonyl (C=O) groups excluding carboxylic acids is 1. The highest BCUT2D eigenvalue weighted by atomic mass is 32.2. The van der Waals surface area contributed by atoms with Gasteiger partial charge in [0.15, 0.2) is 10.9 Å². The van der Waals surface area contributed by atoms with E-state index in [0.29, 0.717) is 28.8 Å². The summed E-state index contributed by atoms with van der Waals surface area (Å²) in [5.41, 5.74) is 2.45. The quantitative estimate of drug-likeness (QED) is 0.510. The number of thioether (sulfide) groups is 1. The van der Waals surface area contributed by atoms with E-state index in [2.05, 4.69) is 25.5 Å². The van der Waals surface area contributed by atoms with Gasteiger partial charge < -0.3 is 9.73 Å². The molecule has 0 radical (unpaired) electrons. The third kappa shape index (κ3) is 3.45. The average molecular weight is 365 g/mol. The van der Waals surface area contributed by atoms with E-state index in [-0.39, 0.29) is 5.91 Å². The molecule has 3 heterocycles. The summed E-state index contributed by atoms with van der Waals surface area (Å²) in [5, 5.41) is 11.2. The van der Waals surface area contributed by atoms with Crippen LogP contribution in [0.15, 0.2) is 64.7 Å². The molecule has 2 N–H and O–H groups in total. The first-order valence-corrected chi connectivity index (χ1v) is 8.95. The second-order valence-electron chi connectivity index (χ2n) is 5.53. The fourth-order valence-electron chi connectivity index (χ4n) is 2.60. The Labute approximate surface area is 153 Å². The molecule has 3 aromatic heterocycles. The van der Waals surface area contributed by atoms with Crippen LogP contribution in [-0.2, 0) is 12.3 Å². The third-order valence-corrected chi connectivity index (χ3v) is 4.73. The Balaban J connectivity index is 1.58. The van der Waals surface area contributed by atoms with Gasteiger partial charge in [0.25, 0.3) is 5.91 Å². The fourth-order valence-corrected chi connectivity index (χ4v) is 3.40. The predicted octanol–water partition coefficient (Wildman–Crippen LogP) is 3.17. The molecule has 26 heavy (non-hydrogen) atoms. The Hall–Kier alpha value is -3.13. The number of furan rings is 1. The van der Waals surface area contributed by atoms with Crippen molar-refractivity contribution in [3.05, 3.63) is 72.0 Å². The molecule has 0 aliphatic rings. The number of H-pyrrole nitrogens is 1. The molecule has 0 bridgehead atoms. The second-order valence-corrected chi connectivity index (χ2v) is 6.49. The highest BCUT2D eigenvalue weighted by molar-refractivity contribution is 7.98. The van der Waals surface area contributed by atoms with Crippen LogP contribution in [-0.4, -0.2) is 26.1 Å². The molecular formula is C18H15N5O2S. The number of aromatic nitrogens is 4. The van der Waals surface area contributed by atoms with Crippen molar-refractivity contribution in [1.29, 1.82) is 0 Å². The number of nitrogens with one attached hydrogen (secondary N) is 2. The van der Waals surface area contributed by atoms with Crippen molar-refractivity contribution in [3.63, 3.8) is 0 Å². The molecule has 0 unspecified atom stereocenters. The number of rotatable bonds is 6. The minimum atomic E-state index is -0.252. The first kappa shape index (κ1) is 16.3. The molecule has 0 fully saturated rings. The zero-order valence-corrected chi connectivity index (χ0v) is 14.5. The van der Waals surface area contributed by atoms with Gasteiger partial charge in [-0.25, -0.2) is 4.98 Å². The maximum absolute atomic E-state index is 12.7. The molecule has 4 aromatic rings. The topological polar surface area (TPSA) is 96.7 Å². The van der Waals surface area contributed by atoms with Gasteiger partial charge in [0, 0.05) is 35.6 Å². The molecule has 1 amide bonds. The molecule has 8 heteroatoms. The van der Waals surface area contributed by atoms with Crippen LogP contribution in [0.25, 0.3) is 11.0 Å². The molecule has 4 rings (SSSR count).